The summed E-state index contributed by atoms with van der Waals surface area (Å²) in [5.41, 5.74) is 0.907. The summed E-state index contributed by atoms with van der Waals surface area (Å²) in [4.78, 5) is 15.9. The van der Waals surface area contributed by atoms with Gasteiger partial charge in [-0.05, 0) is 31.0 Å². The lowest BCUT2D eigenvalue weighted by molar-refractivity contribution is -0.120. The fourth-order valence-electron chi connectivity index (χ4n) is 1.59. The maximum atomic E-state index is 12.8. The van der Waals surface area contributed by atoms with Gasteiger partial charge in [-0.3, -0.25) is 4.79 Å². The zero-order chi connectivity index (χ0) is 15.5. The number of hydrogen-bond acceptors (Lipinski definition) is 2. The number of carbonyl (C=O) groups is 1. The Balaban J connectivity index is 2.49. The molecule has 1 rings (SSSR count). The predicted molar refractivity (Wildman–Crippen MR) is 82.5 cm³/mol. The highest BCUT2D eigenvalue weighted by Gasteiger charge is 2.02. The molecule has 0 saturated carbocycles. The van der Waals surface area contributed by atoms with Gasteiger partial charge in [0.2, 0.25) is 5.91 Å². The average molecular weight is 294 g/mol. The molecule has 0 aliphatic heterocycles. The van der Waals surface area contributed by atoms with Gasteiger partial charge in [0.15, 0.2) is 5.96 Å². The summed E-state index contributed by atoms with van der Waals surface area (Å²) in [5.74, 6) is 0.234. The number of nitrogens with one attached hydrogen (secondary N) is 3. The quantitative estimate of drug-likeness (QED) is 0.526. The lowest BCUT2D eigenvalue weighted by Crippen LogP contribution is -2.43. The van der Waals surface area contributed by atoms with Crippen LogP contribution in [0.25, 0.3) is 0 Å². The Morgan fingerprint density at radius 1 is 1.14 bits per heavy atom. The van der Waals surface area contributed by atoms with Crippen molar-refractivity contribution >= 4 is 11.9 Å². The fourth-order valence-corrected chi connectivity index (χ4v) is 1.59. The van der Waals surface area contributed by atoms with Crippen molar-refractivity contribution in [3.8, 4) is 0 Å². The van der Waals surface area contributed by atoms with E-state index in [2.05, 4.69) is 20.9 Å². The van der Waals surface area contributed by atoms with Crippen LogP contribution in [0.5, 0.6) is 0 Å². The summed E-state index contributed by atoms with van der Waals surface area (Å²) in [5, 5.41) is 8.81. The molecule has 0 spiro atoms. The number of rotatable bonds is 7. The molecule has 0 unspecified atom stereocenters. The molecule has 0 fully saturated rings. The number of aliphatic imine (C=N–C) groups is 1. The van der Waals surface area contributed by atoms with Crippen LogP contribution >= 0.6 is 0 Å². The molecule has 0 aliphatic rings. The lowest BCUT2D eigenvalue weighted by Gasteiger charge is -2.11. The van der Waals surface area contributed by atoms with Crippen LogP contribution < -0.4 is 16.0 Å². The summed E-state index contributed by atoms with van der Waals surface area (Å²) in [6.45, 7) is 5.92. The molecule has 0 aromatic heterocycles. The molecule has 0 heterocycles. The molecule has 6 heteroatoms. The van der Waals surface area contributed by atoms with Crippen LogP contribution in [0, 0.1) is 5.82 Å². The van der Waals surface area contributed by atoms with Crippen LogP contribution in [0.15, 0.2) is 29.3 Å². The SMILES string of the molecule is CCCNC(=O)CNC(=NCc1ccc(F)cc1)NCC. The summed E-state index contributed by atoms with van der Waals surface area (Å²) in [7, 11) is 0. The van der Waals surface area contributed by atoms with Crippen molar-refractivity contribution in [2.24, 2.45) is 4.99 Å². The first kappa shape index (κ1) is 16.9. The third-order valence-electron chi connectivity index (χ3n) is 2.67. The molecule has 0 saturated heterocycles. The lowest BCUT2D eigenvalue weighted by atomic mass is 10.2. The van der Waals surface area contributed by atoms with Crippen molar-refractivity contribution in [3.63, 3.8) is 0 Å². The number of guanidine groups is 1. The van der Waals surface area contributed by atoms with E-state index in [9.17, 15) is 9.18 Å². The van der Waals surface area contributed by atoms with E-state index in [0.717, 1.165) is 12.0 Å². The fraction of sp³-hybridized carbons (Fsp3) is 0.467. The van der Waals surface area contributed by atoms with Crippen LogP contribution in [0.4, 0.5) is 4.39 Å². The number of nitrogens with zero attached hydrogens (tertiary/aromatic N) is 1. The Labute approximate surface area is 125 Å². The Kier molecular flexibility index (Phi) is 7.86. The number of benzene rings is 1. The van der Waals surface area contributed by atoms with Gasteiger partial charge in [0, 0.05) is 13.1 Å². The zero-order valence-corrected chi connectivity index (χ0v) is 12.6. The van der Waals surface area contributed by atoms with Gasteiger partial charge in [0.05, 0.1) is 13.1 Å². The topological polar surface area (TPSA) is 65.5 Å². The highest BCUT2D eigenvalue weighted by molar-refractivity contribution is 5.86. The van der Waals surface area contributed by atoms with Crippen LogP contribution in [0.2, 0.25) is 0 Å². The van der Waals surface area contributed by atoms with Gasteiger partial charge in [-0.25, -0.2) is 9.38 Å². The largest absolute Gasteiger partial charge is 0.357 e. The van der Waals surface area contributed by atoms with E-state index in [1.54, 1.807) is 12.1 Å². The predicted octanol–water partition coefficient (Wildman–Crippen LogP) is 1.41. The van der Waals surface area contributed by atoms with E-state index in [4.69, 9.17) is 0 Å². The molecular weight excluding hydrogens is 271 g/mol. The Morgan fingerprint density at radius 3 is 2.48 bits per heavy atom. The number of carbonyl (C=O) groups excluding carboxylic acids is 1. The molecule has 0 aliphatic carbocycles. The standard InChI is InChI=1S/C15H23FN4O/c1-3-9-18-14(21)11-20-15(17-4-2)19-10-12-5-7-13(16)8-6-12/h5-8H,3-4,9-11H2,1-2H3,(H,18,21)(H2,17,19,20). The first-order valence-corrected chi connectivity index (χ1v) is 7.19. The van der Waals surface area contributed by atoms with E-state index in [0.29, 0.717) is 25.6 Å². The normalized spacial score (nSPS) is 11.1. The highest BCUT2D eigenvalue weighted by Crippen LogP contribution is 2.03. The van der Waals surface area contributed by atoms with Gasteiger partial charge in [0.1, 0.15) is 5.82 Å². The van der Waals surface area contributed by atoms with Gasteiger partial charge < -0.3 is 16.0 Å². The second-order valence-corrected chi connectivity index (χ2v) is 4.53. The maximum Gasteiger partial charge on any atom is 0.239 e. The van der Waals surface area contributed by atoms with Crippen LogP contribution in [-0.2, 0) is 11.3 Å². The molecule has 0 radical (unpaired) electrons. The third-order valence-corrected chi connectivity index (χ3v) is 2.67. The van der Waals surface area contributed by atoms with E-state index >= 15 is 0 Å². The molecule has 1 aromatic carbocycles. The molecule has 3 N–H and O–H groups in total. The summed E-state index contributed by atoms with van der Waals surface area (Å²) < 4.78 is 12.8. The number of amides is 1. The molecule has 1 amide bonds. The van der Waals surface area contributed by atoms with E-state index < -0.39 is 0 Å². The number of halogens is 1. The first-order chi connectivity index (χ1) is 10.2. The van der Waals surface area contributed by atoms with Gasteiger partial charge in [-0.2, -0.15) is 0 Å². The van der Waals surface area contributed by atoms with E-state index in [1.165, 1.54) is 12.1 Å². The minimum absolute atomic E-state index is 0.0655. The molecule has 116 valence electrons. The van der Waals surface area contributed by atoms with Crippen LogP contribution in [0.1, 0.15) is 25.8 Å². The summed E-state index contributed by atoms with van der Waals surface area (Å²) >= 11 is 0. The Hall–Kier alpha value is -2.11. The minimum atomic E-state index is -0.264. The van der Waals surface area contributed by atoms with Crippen molar-refractivity contribution < 1.29 is 9.18 Å². The second-order valence-electron chi connectivity index (χ2n) is 4.53. The minimum Gasteiger partial charge on any atom is -0.357 e. The summed E-state index contributed by atoms with van der Waals surface area (Å²) in [6, 6.07) is 6.19. The molecule has 21 heavy (non-hydrogen) atoms. The van der Waals surface area contributed by atoms with Crippen molar-refractivity contribution in [2.75, 3.05) is 19.6 Å². The maximum absolute atomic E-state index is 12.8. The molecular formula is C15H23FN4O. The van der Waals surface area contributed by atoms with Crippen molar-refractivity contribution in [1.29, 1.82) is 0 Å². The Bertz CT molecular complexity index is 459. The van der Waals surface area contributed by atoms with Gasteiger partial charge >= 0.3 is 0 Å². The smallest absolute Gasteiger partial charge is 0.239 e. The van der Waals surface area contributed by atoms with E-state index in [1.807, 2.05) is 13.8 Å². The van der Waals surface area contributed by atoms with Gasteiger partial charge in [-0.15, -0.1) is 0 Å². The van der Waals surface area contributed by atoms with Gasteiger partial charge in [0.25, 0.3) is 0 Å². The Morgan fingerprint density at radius 2 is 1.86 bits per heavy atom. The highest BCUT2D eigenvalue weighted by atomic mass is 19.1. The molecule has 0 bridgehead atoms. The first-order valence-electron chi connectivity index (χ1n) is 7.19. The monoisotopic (exact) mass is 294 g/mol. The molecule has 5 nitrogen and oxygen atoms in total. The molecule has 0 atom stereocenters. The van der Waals surface area contributed by atoms with Crippen molar-refractivity contribution in [3.05, 3.63) is 35.6 Å². The number of hydrogen-bond donors (Lipinski definition) is 3. The third kappa shape index (κ3) is 7.29. The van der Waals surface area contributed by atoms with Crippen LogP contribution in [-0.4, -0.2) is 31.5 Å². The molecule has 1 aromatic rings. The zero-order valence-electron chi connectivity index (χ0n) is 12.6. The average Bonchev–Trinajstić information content (AvgIpc) is 2.49. The summed E-state index contributed by atoms with van der Waals surface area (Å²) in [6.07, 6.45) is 0.907. The second kappa shape index (κ2) is 9.74. The van der Waals surface area contributed by atoms with Crippen molar-refractivity contribution in [2.45, 2.75) is 26.8 Å². The van der Waals surface area contributed by atoms with E-state index in [-0.39, 0.29) is 18.3 Å². The van der Waals surface area contributed by atoms with Crippen LogP contribution in [0.3, 0.4) is 0 Å². The van der Waals surface area contributed by atoms with Gasteiger partial charge in [-0.1, -0.05) is 19.1 Å². The van der Waals surface area contributed by atoms with Crippen molar-refractivity contribution in [1.82, 2.24) is 16.0 Å².